The molecule has 0 atom stereocenters. The zero-order chi connectivity index (χ0) is 8.97. The molecule has 0 bridgehead atoms. The van der Waals surface area contributed by atoms with Gasteiger partial charge in [0.25, 0.3) is 0 Å². The highest BCUT2D eigenvalue weighted by molar-refractivity contribution is 6.31. The molecule has 0 aliphatic carbocycles. The predicted molar refractivity (Wildman–Crippen MR) is 50.5 cm³/mol. The Hall–Kier alpha value is -0.540. The molecule has 4 heteroatoms. The van der Waals surface area contributed by atoms with Crippen LogP contribution in [0.2, 0.25) is 5.02 Å². The summed E-state index contributed by atoms with van der Waals surface area (Å²) in [6.45, 7) is 6.87. The number of nitrogens with zero attached hydrogens (tertiary/aromatic N) is 2. The average molecular weight is 188 g/mol. The minimum Gasteiger partial charge on any atom is -0.315 e. The normalized spacial score (nSPS) is 10.6. The van der Waals surface area contributed by atoms with Gasteiger partial charge in [0, 0.05) is 6.54 Å². The van der Waals surface area contributed by atoms with Gasteiger partial charge in [-0.05, 0) is 13.5 Å². The van der Waals surface area contributed by atoms with Crippen LogP contribution in [0.3, 0.4) is 0 Å². The van der Waals surface area contributed by atoms with Crippen molar-refractivity contribution in [3.8, 4) is 0 Å². The molecule has 0 aromatic carbocycles. The van der Waals surface area contributed by atoms with E-state index in [1.807, 2.05) is 11.6 Å². The van der Waals surface area contributed by atoms with Crippen LogP contribution in [0.15, 0.2) is 6.20 Å². The third-order valence-electron chi connectivity index (χ3n) is 1.79. The number of hydrogen-bond acceptors (Lipinski definition) is 2. The third-order valence-corrected chi connectivity index (χ3v) is 2.16. The molecule has 0 unspecified atom stereocenters. The lowest BCUT2D eigenvalue weighted by atomic mass is 10.4. The summed E-state index contributed by atoms with van der Waals surface area (Å²) in [7, 11) is 0. The molecule has 12 heavy (non-hydrogen) atoms. The van der Waals surface area contributed by atoms with Crippen LogP contribution >= 0.6 is 11.6 Å². The highest BCUT2D eigenvalue weighted by Gasteiger charge is 2.01. The lowest BCUT2D eigenvalue weighted by molar-refractivity contribution is 0.554. The minimum absolute atomic E-state index is 0.742. The fourth-order valence-electron chi connectivity index (χ4n) is 1.01. The molecule has 3 nitrogen and oxygen atoms in total. The summed E-state index contributed by atoms with van der Waals surface area (Å²) in [6, 6.07) is 0. The first-order valence-corrected chi connectivity index (χ1v) is 4.52. The van der Waals surface area contributed by atoms with Crippen molar-refractivity contribution >= 4 is 11.6 Å². The molecule has 1 aromatic heterocycles. The third kappa shape index (κ3) is 2.22. The van der Waals surface area contributed by atoms with Gasteiger partial charge < -0.3 is 5.32 Å². The molecule has 1 rings (SSSR count). The summed E-state index contributed by atoms with van der Waals surface area (Å²) >= 11 is 5.84. The molecule has 0 radical (unpaired) electrons. The van der Waals surface area contributed by atoms with Crippen molar-refractivity contribution in [2.24, 2.45) is 0 Å². The highest BCUT2D eigenvalue weighted by Crippen LogP contribution is 2.12. The summed E-state index contributed by atoms with van der Waals surface area (Å²) in [6.07, 6.45) is 1.68. The molecule has 0 saturated heterocycles. The number of nitrogens with one attached hydrogen (secondary N) is 1. The molecule has 1 aromatic rings. The maximum Gasteiger partial charge on any atom is 0.0814 e. The van der Waals surface area contributed by atoms with Crippen LogP contribution in [0.5, 0.6) is 0 Å². The molecule has 0 aliphatic rings. The SMILES string of the molecule is CCNCCn1ncc(Cl)c1C. The minimum atomic E-state index is 0.742. The Bertz CT molecular complexity index is 244. The number of hydrogen-bond donors (Lipinski definition) is 1. The monoisotopic (exact) mass is 187 g/mol. The van der Waals surface area contributed by atoms with E-state index in [2.05, 4.69) is 17.3 Å². The first-order chi connectivity index (χ1) is 5.75. The largest absolute Gasteiger partial charge is 0.315 e. The van der Waals surface area contributed by atoms with Gasteiger partial charge >= 0.3 is 0 Å². The van der Waals surface area contributed by atoms with Crippen LogP contribution in [0.1, 0.15) is 12.6 Å². The van der Waals surface area contributed by atoms with Crippen molar-refractivity contribution in [1.29, 1.82) is 0 Å². The van der Waals surface area contributed by atoms with Gasteiger partial charge in [-0.15, -0.1) is 0 Å². The van der Waals surface area contributed by atoms with Gasteiger partial charge in [-0.3, -0.25) is 4.68 Å². The second-order valence-corrected chi connectivity index (χ2v) is 3.06. The molecule has 0 fully saturated rings. The second-order valence-electron chi connectivity index (χ2n) is 2.65. The van der Waals surface area contributed by atoms with Crippen LogP contribution < -0.4 is 5.32 Å². The van der Waals surface area contributed by atoms with Crippen molar-refractivity contribution in [1.82, 2.24) is 15.1 Å². The van der Waals surface area contributed by atoms with Crippen LogP contribution in [0, 0.1) is 6.92 Å². The van der Waals surface area contributed by atoms with E-state index in [0.717, 1.165) is 30.4 Å². The second kappa shape index (κ2) is 4.48. The predicted octanol–water partition coefficient (Wildman–Crippen LogP) is 1.45. The Labute approximate surface area is 77.7 Å². The molecular formula is C8H14ClN3. The lowest BCUT2D eigenvalue weighted by Crippen LogP contribution is -2.20. The van der Waals surface area contributed by atoms with Crippen LogP contribution in [-0.2, 0) is 6.54 Å². The van der Waals surface area contributed by atoms with Crippen molar-refractivity contribution in [3.63, 3.8) is 0 Å². The van der Waals surface area contributed by atoms with Gasteiger partial charge in [-0.25, -0.2) is 0 Å². The Morgan fingerprint density at radius 3 is 2.92 bits per heavy atom. The molecule has 0 spiro atoms. The number of halogens is 1. The Morgan fingerprint density at radius 2 is 2.42 bits per heavy atom. The zero-order valence-electron chi connectivity index (χ0n) is 7.47. The van der Waals surface area contributed by atoms with Gasteiger partial charge in [0.15, 0.2) is 0 Å². The fraction of sp³-hybridized carbons (Fsp3) is 0.625. The summed E-state index contributed by atoms with van der Waals surface area (Å²) in [5.74, 6) is 0. The van der Waals surface area contributed by atoms with Gasteiger partial charge in [-0.2, -0.15) is 5.10 Å². The highest BCUT2D eigenvalue weighted by atomic mass is 35.5. The van der Waals surface area contributed by atoms with Gasteiger partial charge in [0.2, 0.25) is 0 Å². The zero-order valence-corrected chi connectivity index (χ0v) is 8.23. The maximum absolute atomic E-state index is 5.84. The van der Waals surface area contributed by atoms with E-state index in [-0.39, 0.29) is 0 Å². The molecule has 0 saturated carbocycles. The quantitative estimate of drug-likeness (QED) is 0.724. The summed E-state index contributed by atoms with van der Waals surface area (Å²) in [5.41, 5.74) is 1.04. The van der Waals surface area contributed by atoms with Gasteiger partial charge in [0.05, 0.1) is 23.5 Å². The van der Waals surface area contributed by atoms with Crippen molar-refractivity contribution in [2.75, 3.05) is 13.1 Å². The topological polar surface area (TPSA) is 29.9 Å². The average Bonchev–Trinajstić information content (AvgIpc) is 2.36. The number of likely N-dealkylation sites (N-methyl/N-ethyl adjacent to an activating group) is 1. The van der Waals surface area contributed by atoms with E-state index in [1.54, 1.807) is 6.20 Å². The lowest BCUT2D eigenvalue weighted by Gasteiger charge is -2.04. The van der Waals surface area contributed by atoms with E-state index >= 15 is 0 Å². The number of rotatable bonds is 4. The Morgan fingerprint density at radius 1 is 1.67 bits per heavy atom. The van der Waals surface area contributed by atoms with Crippen LogP contribution in [0.25, 0.3) is 0 Å². The Kier molecular flexibility index (Phi) is 3.56. The molecule has 1 heterocycles. The van der Waals surface area contributed by atoms with E-state index in [0.29, 0.717) is 0 Å². The molecule has 0 aliphatic heterocycles. The van der Waals surface area contributed by atoms with E-state index in [1.165, 1.54) is 0 Å². The summed E-state index contributed by atoms with van der Waals surface area (Å²) in [5, 5.41) is 8.10. The van der Waals surface area contributed by atoms with Gasteiger partial charge in [-0.1, -0.05) is 18.5 Å². The van der Waals surface area contributed by atoms with E-state index in [4.69, 9.17) is 11.6 Å². The summed E-state index contributed by atoms with van der Waals surface area (Å²) in [4.78, 5) is 0. The first kappa shape index (κ1) is 9.55. The molecule has 68 valence electrons. The van der Waals surface area contributed by atoms with Crippen LogP contribution in [-0.4, -0.2) is 22.9 Å². The van der Waals surface area contributed by atoms with Crippen LogP contribution in [0.4, 0.5) is 0 Å². The Balaban J connectivity index is 2.46. The molecule has 1 N–H and O–H groups in total. The van der Waals surface area contributed by atoms with E-state index in [9.17, 15) is 0 Å². The number of aromatic nitrogens is 2. The molecule has 0 amide bonds. The van der Waals surface area contributed by atoms with Crippen molar-refractivity contribution < 1.29 is 0 Å². The van der Waals surface area contributed by atoms with E-state index < -0.39 is 0 Å². The first-order valence-electron chi connectivity index (χ1n) is 4.14. The molecular weight excluding hydrogens is 174 g/mol. The maximum atomic E-state index is 5.84. The summed E-state index contributed by atoms with van der Waals surface area (Å²) < 4.78 is 1.91. The fourth-order valence-corrected chi connectivity index (χ4v) is 1.15. The van der Waals surface area contributed by atoms with Crippen molar-refractivity contribution in [3.05, 3.63) is 16.9 Å². The standard InChI is InChI=1S/C8H14ClN3/c1-3-10-4-5-12-7(2)8(9)6-11-12/h6,10H,3-5H2,1-2H3. The van der Waals surface area contributed by atoms with Crippen molar-refractivity contribution in [2.45, 2.75) is 20.4 Å². The van der Waals surface area contributed by atoms with Gasteiger partial charge in [0.1, 0.15) is 0 Å². The smallest absolute Gasteiger partial charge is 0.0814 e.